The first kappa shape index (κ1) is 30.6. The molecule has 0 bridgehead atoms. The highest BCUT2D eigenvalue weighted by atomic mass is 17.2. The van der Waals surface area contributed by atoms with Crippen molar-refractivity contribution < 1.29 is 34.9 Å². The van der Waals surface area contributed by atoms with Gasteiger partial charge in [-0.1, -0.05) is 72.6 Å². The molecule has 0 unspecified atom stereocenters. The van der Waals surface area contributed by atoms with Gasteiger partial charge in [0.2, 0.25) is 5.78 Å². The van der Waals surface area contributed by atoms with E-state index in [1.807, 2.05) is 0 Å². The number of phenols is 1. The zero-order chi connectivity index (χ0) is 27.3. The molecule has 0 aromatic heterocycles. The van der Waals surface area contributed by atoms with Gasteiger partial charge in [0.15, 0.2) is 5.60 Å². The second-order valence-electron chi connectivity index (χ2n) is 11.7. The van der Waals surface area contributed by atoms with Crippen molar-refractivity contribution >= 4 is 5.78 Å². The smallest absolute Gasteiger partial charge is 0.333 e. The molecule has 1 aliphatic heterocycles. The second-order valence-corrected chi connectivity index (χ2v) is 11.7. The Morgan fingerprint density at radius 2 is 1.31 bits per heavy atom. The molecular weight excluding hydrogens is 460 g/mol. The number of ether oxygens (including phenoxy) is 1. The highest BCUT2D eigenvalue weighted by molar-refractivity contribution is 6.07. The van der Waals surface area contributed by atoms with Gasteiger partial charge in [-0.2, -0.15) is 9.78 Å². The zero-order valence-electron chi connectivity index (χ0n) is 23.6. The molecule has 1 aromatic carbocycles. The number of rotatable bonds is 14. The van der Waals surface area contributed by atoms with Gasteiger partial charge in [0.05, 0.1) is 5.56 Å². The second kappa shape index (κ2) is 12.7. The van der Waals surface area contributed by atoms with Gasteiger partial charge in [-0.3, -0.25) is 4.79 Å². The van der Waals surface area contributed by atoms with Crippen LogP contribution in [0.15, 0.2) is 0 Å². The van der Waals surface area contributed by atoms with Crippen LogP contribution < -0.4 is 4.74 Å². The van der Waals surface area contributed by atoms with Crippen LogP contribution in [0.3, 0.4) is 0 Å². The Morgan fingerprint density at radius 1 is 0.806 bits per heavy atom. The van der Waals surface area contributed by atoms with Gasteiger partial charge in [-0.05, 0) is 69.4 Å². The van der Waals surface area contributed by atoms with Crippen LogP contribution in [0.1, 0.15) is 119 Å². The number of hydrogen-bond donors (Lipinski definition) is 3. The topological polar surface area (TPSA) is 105 Å². The minimum Gasteiger partial charge on any atom is -0.507 e. The van der Waals surface area contributed by atoms with Crippen LogP contribution in [0.2, 0.25) is 0 Å². The summed E-state index contributed by atoms with van der Waals surface area (Å²) in [5.41, 5.74) is 0.0628. The summed E-state index contributed by atoms with van der Waals surface area (Å²) >= 11 is 0. The standard InChI is InChI=1S/C29H48O7/c1-18(2)12-9-13-19(3)14-10-15-20(4)16-11-17-28(8)29(35-32,36-33)27(31)24-23(7)25(30)21(5)22(6)26(24)34-28/h18-20,30,32-33H,9-17H2,1-8H3/t19-,20+,28-/m0/s1. The van der Waals surface area contributed by atoms with E-state index < -0.39 is 17.2 Å². The summed E-state index contributed by atoms with van der Waals surface area (Å²) in [5, 5.41) is 30.0. The maximum atomic E-state index is 13.5. The molecule has 36 heavy (non-hydrogen) atoms. The number of ketones is 1. The lowest BCUT2D eigenvalue weighted by Crippen LogP contribution is -2.66. The molecule has 7 heteroatoms. The van der Waals surface area contributed by atoms with Crippen LogP contribution in [0.25, 0.3) is 0 Å². The van der Waals surface area contributed by atoms with E-state index >= 15 is 0 Å². The molecule has 0 radical (unpaired) electrons. The molecule has 1 aliphatic rings. The third-order valence-electron chi connectivity index (χ3n) is 8.25. The van der Waals surface area contributed by atoms with Crippen molar-refractivity contribution in [3.8, 4) is 11.5 Å². The number of Topliss-reactive ketones (excluding diaryl/α,β-unsaturated/α-hetero) is 1. The largest absolute Gasteiger partial charge is 0.507 e. The fourth-order valence-corrected chi connectivity index (χ4v) is 5.48. The van der Waals surface area contributed by atoms with E-state index in [1.165, 1.54) is 32.1 Å². The van der Waals surface area contributed by atoms with Gasteiger partial charge in [-0.15, -0.1) is 0 Å². The van der Waals surface area contributed by atoms with Crippen LogP contribution >= 0.6 is 0 Å². The minimum absolute atomic E-state index is 0.0343. The van der Waals surface area contributed by atoms with Crippen LogP contribution in [0.4, 0.5) is 0 Å². The van der Waals surface area contributed by atoms with Gasteiger partial charge < -0.3 is 9.84 Å². The number of fused-ring (bicyclic) bond motifs is 1. The predicted octanol–water partition coefficient (Wildman–Crippen LogP) is 7.77. The fraction of sp³-hybridized carbons (Fsp3) is 0.759. The number of carbonyl (C=O) groups is 1. The van der Waals surface area contributed by atoms with Crippen molar-refractivity contribution in [2.45, 2.75) is 125 Å². The fourth-order valence-electron chi connectivity index (χ4n) is 5.48. The number of carbonyl (C=O) groups excluding carboxylic acids is 1. The van der Waals surface area contributed by atoms with E-state index in [2.05, 4.69) is 37.5 Å². The summed E-state index contributed by atoms with van der Waals surface area (Å²) in [5.74, 6) is -0.953. The molecule has 7 nitrogen and oxygen atoms in total. The van der Waals surface area contributed by atoms with Crippen LogP contribution in [-0.2, 0) is 9.78 Å². The average Bonchev–Trinajstić information content (AvgIpc) is 2.81. The minimum atomic E-state index is -2.45. The van der Waals surface area contributed by atoms with Gasteiger partial charge in [0, 0.05) is 5.56 Å². The Labute approximate surface area is 217 Å². The maximum absolute atomic E-state index is 13.5. The van der Waals surface area contributed by atoms with Gasteiger partial charge in [0.1, 0.15) is 11.5 Å². The Morgan fingerprint density at radius 3 is 1.81 bits per heavy atom. The lowest BCUT2D eigenvalue weighted by molar-refractivity contribution is -0.493. The molecule has 0 saturated heterocycles. The van der Waals surface area contributed by atoms with Crippen molar-refractivity contribution in [2.75, 3.05) is 0 Å². The van der Waals surface area contributed by atoms with Gasteiger partial charge in [-0.25, -0.2) is 10.5 Å². The Kier molecular flexibility index (Phi) is 10.8. The Balaban J connectivity index is 2.05. The molecule has 0 aliphatic carbocycles. The summed E-state index contributed by atoms with van der Waals surface area (Å²) in [6, 6.07) is 0. The zero-order valence-corrected chi connectivity index (χ0v) is 23.6. The summed E-state index contributed by atoms with van der Waals surface area (Å²) in [7, 11) is 0. The summed E-state index contributed by atoms with van der Waals surface area (Å²) < 4.78 is 6.28. The monoisotopic (exact) mass is 508 g/mol. The molecule has 3 atom stereocenters. The molecule has 0 spiro atoms. The first-order chi connectivity index (χ1) is 16.8. The molecule has 3 N–H and O–H groups in total. The quantitative estimate of drug-likeness (QED) is 0.134. The number of benzene rings is 1. The average molecular weight is 509 g/mol. The number of phenolic OH excluding ortho intramolecular Hbond substituents is 1. The lowest BCUT2D eigenvalue weighted by Gasteiger charge is -2.46. The third kappa shape index (κ3) is 6.24. The van der Waals surface area contributed by atoms with E-state index in [4.69, 9.17) is 4.74 Å². The van der Waals surface area contributed by atoms with Crippen LogP contribution in [-0.4, -0.2) is 32.8 Å². The van der Waals surface area contributed by atoms with Crippen LogP contribution in [0.5, 0.6) is 11.5 Å². The predicted molar refractivity (Wildman–Crippen MR) is 141 cm³/mol. The Hall–Kier alpha value is -1.67. The molecule has 2 rings (SSSR count). The highest BCUT2D eigenvalue weighted by Gasteiger charge is 2.64. The van der Waals surface area contributed by atoms with Crippen molar-refractivity contribution in [3.63, 3.8) is 0 Å². The summed E-state index contributed by atoms with van der Waals surface area (Å²) in [6.45, 7) is 15.8. The molecule has 1 aromatic rings. The van der Waals surface area contributed by atoms with Crippen molar-refractivity contribution in [1.29, 1.82) is 0 Å². The van der Waals surface area contributed by atoms with Crippen molar-refractivity contribution in [3.05, 3.63) is 22.3 Å². The van der Waals surface area contributed by atoms with E-state index in [9.17, 15) is 20.4 Å². The molecule has 1 heterocycles. The number of hydrogen-bond acceptors (Lipinski definition) is 7. The number of aromatic hydroxyl groups is 1. The van der Waals surface area contributed by atoms with Crippen LogP contribution in [0, 0.1) is 38.5 Å². The van der Waals surface area contributed by atoms with Gasteiger partial charge in [0.25, 0.3) is 0 Å². The van der Waals surface area contributed by atoms with Crippen molar-refractivity contribution in [2.24, 2.45) is 17.8 Å². The van der Waals surface area contributed by atoms with E-state index in [-0.39, 0.29) is 16.9 Å². The van der Waals surface area contributed by atoms with E-state index in [0.29, 0.717) is 35.6 Å². The summed E-state index contributed by atoms with van der Waals surface area (Å²) in [6.07, 6.45) is 9.34. The van der Waals surface area contributed by atoms with E-state index in [1.54, 1.807) is 27.7 Å². The normalized spacial score (nSPS) is 20.8. The maximum Gasteiger partial charge on any atom is 0.333 e. The lowest BCUT2D eigenvalue weighted by atomic mass is 9.78. The molecule has 0 fully saturated rings. The van der Waals surface area contributed by atoms with E-state index in [0.717, 1.165) is 24.7 Å². The van der Waals surface area contributed by atoms with Gasteiger partial charge >= 0.3 is 5.79 Å². The SMILES string of the molecule is Cc1c(C)c2c(c(C)c1O)C(=O)C(OO)(OO)[C@](C)(CCC[C@H](C)CCC[C@@H](C)CCCC(C)C)O2. The Bertz CT molecular complexity index is 890. The highest BCUT2D eigenvalue weighted by Crippen LogP contribution is 2.49. The third-order valence-corrected chi connectivity index (χ3v) is 8.25. The first-order valence-electron chi connectivity index (χ1n) is 13.6. The molecule has 0 amide bonds. The first-order valence-corrected chi connectivity index (χ1v) is 13.6. The molecular formula is C29H48O7. The molecule has 206 valence electrons. The summed E-state index contributed by atoms with van der Waals surface area (Å²) in [4.78, 5) is 22.6. The van der Waals surface area contributed by atoms with Crippen molar-refractivity contribution in [1.82, 2.24) is 0 Å². The molecule has 0 saturated carbocycles.